The molecule has 0 radical (unpaired) electrons. The Morgan fingerprint density at radius 1 is 1.22 bits per heavy atom. The fraction of sp³-hybridized carbons (Fsp3) is 0.385. The smallest absolute Gasteiger partial charge is 0.328 e. The zero-order valence-electron chi connectivity index (χ0n) is 10.0. The van der Waals surface area contributed by atoms with E-state index < -0.39 is 18.6 Å². The number of hydrogen-bond acceptors (Lipinski definition) is 3. The van der Waals surface area contributed by atoms with Crippen molar-refractivity contribution in [2.75, 3.05) is 6.61 Å². The lowest BCUT2D eigenvalue weighted by molar-refractivity contribution is -0.142. The maximum Gasteiger partial charge on any atom is 0.328 e. The molecule has 0 saturated heterocycles. The molecule has 1 amide bonds. The van der Waals surface area contributed by atoms with Crippen molar-refractivity contribution in [3.63, 3.8) is 0 Å². The predicted octanol–water partition coefficient (Wildman–Crippen LogP) is 0.571. The Balaban J connectivity index is 2.27. The molecule has 1 aromatic rings. The molecule has 0 unspecified atom stereocenters. The predicted molar refractivity (Wildman–Crippen MR) is 66.0 cm³/mol. The van der Waals surface area contributed by atoms with Crippen molar-refractivity contribution in [3.05, 3.63) is 35.9 Å². The minimum Gasteiger partial charge on any atom is -0.480 e. The van der Waals surface area contributed by atoms with E-state index in [4.69, 9.17) is 10.2 Å². The number of hydrogen-bond donors (Lipinski definition) is 3. The highest BCUT2D eigenvalue weighted by Gasteiger charge is 2.17. The molecule has 98 valence electrons. The standard InChI is InChI=1S/C13H17NO4/c15-9-11(13(17)18)14-12(16)8-4-7-10-5-2-1-3-6-10/h1-3,5-6,11,15H,4,7-9H2,(H,14,16)(H,17,18)/t11-/m0/s1. The number of aliphatic carboxylic acids is 1. The van der Waals surface area contributed by atoms with Gasteiger partial charge in [0.15, 0.2) is 0 Å². The first kappa shape index (κ1) is 14.2. The van der Waals surface area contributed by atoms with E-state index in [9.17, 15) is 9.59 Å². The van der Waals surface area contributed by atoms with E-state index in [0.29, 0.717) is 6.42 Å². The lowest BCUT2D eigenvalue weighted by Gasteiger charge is -2.11. The van der Waals surface area contributed by atoms with Crippen molar-refractivity contribution in [2.45, 2.75) is 25.3 Å². The number of carbonyl (C=O) groups excluding carboxylic acids is 1. The summed E-state index contributed by atoms with van der Waals surface area (Å²) in [5.41, 5.74) is 1.14. The van der Waals surface area contributed by atoms with Crippen LogP contribution in [-0.4, -0.2) is 34.7 Å². The first-order valence-electron chi connectivity index (χ1n) is 5.80. The number of aliphatic hydroxyl groups excluding tert-OH is 1. The van der Waals surface area contributed by atoms with Gasteiger partial charge in [0.25, 0.3) is 0 Å². The van der Waals surface area contributed by atoms with Gasteiger partial charge < -0.3 is 15.5 Å². The Bertz CT molecular complexity index is 391. The number of rotatable bonds is 7. The quantitative estimate of drug-likeness (QED) is 0.661. The summed E-state index contributed by atoms with van der Waals surface area (Å²) in [6.45, 7) is -0.597. The fourth-order valence-corrected chi connectivity index (χ4v) is 1.55. The molecule has 0 aliphatic carbocycles. The van der Waals surface area contributed by atoms with Gasteiger partial charge in [-0.3, -0.25) is 4.79 Å². The van der Waals surface area contributed by atoms with Crippen LogP contribution in [0.2, 0.25) is 0 Å². The van der Waals surface area contributed by atoms with E-state index in [1.54, 1.807) is 0 Å². The van der Waals surface area contributed by atoms with Gasteiger partial charge in [0.05, 0.1) is 6.61 Å². The molecule has 0 aliphatic heterocycles. The Labute approximate surface area is 105 Å². The lowest BCUT2D eigenvalue weighted by atomic mass is 10.1. The van der Waals surface area contributed by atoms with E-state index in [1.807, 2.05) is 30.3 Å². The van der Waals surface area contributed by atoms with Crippen molar-refractivity contribution in [1.29, 1.82) is 0 Å². The highest BCUT2D eigenvalue weighted by atomic mass is 16.4. The van der Waals surface area contributed by atoms with Gasteiger partial charge in [-0.05, 0) is 18.4 Å². The van der Waals surface area contributed by atoms with Gasteiger partial charge in [-0.1, -0.05) is 30.3 Å². The number of carbonyl (C=O) groups is 2. The lowest BCUT2D eigenvalue weighted by Crippen LogP contribution is -2.43. The van der Waals surface area contributed by atoms with Gasteiger partial charge in [-0.25, -0.2) is 4.79 Å². The van der Waals surface area contributed by atoms with E-state index >= 15 is 0 Å². The third-order valence-electron chi connectivity index (χ3n) is 2.53. The number of carboxylic acid groups (broad SMARTS) is 1. The number of amides is 1. The molecule has 0 aliphatic rings. The van der Waals surface area contributed by atoms with Gasteiger partial charge in [0.1, 0.15) is 6.04 Å². The first-order chi connectivity index (χ1) is 8.63. The monoisotopic (exact) mass is 251 g/mol. The fourth-order valence-electron chi connectivity index (χ4n) is 1.55. The summed E-state index contributed by atoms with van der Waals surface area (Å²) >= 11 is 0. The molecule has 18 heavy (non-hydrogen) atoms. The third-order valence-corrected chi connectivity index (χ3v) is 2.53. The van der Waals surface area contributed by atoms with Crippen LogP contribution >= 0.6 is 0 Å². The van der Waals surface area contributed by atoms with Crippen LogP contribution < -0.4 is 5.32 Å². The summed E-state index contributed by atoms with van der Waals surface area (Å²) in [5, 5.41) is 19.7. The van der Waals surface area contributed by atoms with Gasteiger partial charge in [-0.2, -0.15) is 0 Å². The molecule has 0 heterocycles. The number of aliphatic hydroxyl groups is 1. The molecule has 3 N–H and O–H groups in total. The van der Waals surface area contributed by atoms with Crippen LogP contribution in [0.3, 0.4) is 0 Å². The SMILES string of the molecule is O=C(CCCc1ccccc1)N[C@@H](CO)C(=O)O. The van der Waals surface area contributed by atoms with Crippen molar-refractivity contribution in [3.8, 4) is 0 Å². The summed E-state index contributed by atoms with van der Waals surface area (Å²) in [5.74, 6) is -1.58. The molecule has 1 atom stereocenters. The van der Waals surface area contributed by atoms with E-state index in [1.165, 1.54) is 0 Å². The highest BCUT2D eigenvalue weighted by Crippen LogP contribution is 2.04. The van der Waals surface area contributed by atoms with Crippen LogP contribution in [0.5, 0.6) is 0 Å². The Morgan fingerprint density at radius 3 is 2.44 bits per heavy atom. The van der Waals surface area contributed by atoms with Crippen LogP contribution in [0.1, 0.15) is 18.4 Å². The molecule has 0 saturated carbocycles. The second kappa shape index (κ2) is 7.45. The van der Waals surface area contributed by atoms with E-state index in [2.05, 4.69) is 5.32 Å². The van der Waals surface area contributed by atoms with E-state index in [0.717, 1.165) is 12.0 Å². The molecule has 1 rings (SSSR count). The van der Waals surface area contributed by atoms with Gasteiger partial charge in [0, 0.05) is 6.42 Å². The van der Waals surface area contributed by atoms with Crippen LogP contribution in [0.15, 0.2) is 30.3 Å². The second-order valence-electron chi connectivity index (χ2n) is 3.98. The van der Waals surface area contributed by atoms with Crippen molar-refractivity contribution in [2.24, 2.45) is 0 Å². The number of benzene rings is 1. The first-order valence-corrected chi connectivity index (χ1v) is 5.80. The van der Waals surface area contributed by atoms with E-state index in [-0.39, 0.29) is 12.3 Å². The van der Waals surface area contributed by atoms with Crippen molar-refractivity contribution < 1.29 is 19.8 Å². The molecule has 0 spiro atoms. The highest BCUT2D eigenvalue weighted by molar-refractivity contribution is 5.83. The average Bonchev–Trinajstić information content (AvgIpc) is 2.37. The molecule has 0 fully saturated rings. The number of aryl methyl sites for hydroxylation is 1. The molecule has 5 nitrogen and oxygen atoms in total. The maximum absolute atomic E-state index is 11.4. The maximum atomic E-state index is 11.4. The number of carboxylic acids is 1. The van der Waals surface area contributed by atoms with Crippen molar-refractivity contribution in [1.82, 2.24) is 5.32 Å². The topological polar surface area (TPSA) is 86.6 Å². The molecule has 0 aromatic heterocycles. The number of nitrogens with one attached hydrogen (secondary N) is 1. The largest absolute Gasteiger partial charge is 0.480 e. The minimum absolute atomic E-state index is 0.249. The second-order valence-corrected chi connectivity index (χ2v) is 3.98. The Kier molecular flexibility index (Phi) is 5.87. The molecular formula is C13H17NO4. The zero-order valence-corrected chi connectivity index (χ0v) is 10.0. The summed E-state index contributed by atoms with van der Waals surface area (Å²) in [4.78, 5) is 22.0. The molecule has 0 bridgehead atoms. The Hall–Kier alpha value is -1.88. The van der Waals surface area contributed by atoms with Gasteiger partial charge in [-0.15, -0.1) is 0 Å². The zero-order chi connectivity index (χ0) is 13.4. The third kappa shape index (κ3) is 4.97. The van der Waals surface area contributed by atoms with Crippen LogP contribution in [-0.2, 0) is 16.0 Å². The summed E-state index contributed by atoms with van der Waals surface area (Å²) in [6.07, 6.45) is 1.66. The molecular weight excluding hydrogens is 234 g/mol. The van der Waals surface area contributed by atoms with Gasteiger partial charge in [0.2, 0.25) is 5.91 Å². The summed E-state index contributed by atoms with van der Waals surface area (Å²) < 4.78 is 0. The normalized spacial score (nSPS) is 11.8. The van der Waals surface area contributed by atoms with Crippen LogP contribution in [0.4, 0.5) is 0 Å². The summed E-state index contributed by atoms with van der Waals surface area (Å²) in [6, 6.07) is 8.53. The van der Waals surface area contributed by atoms with Crippen LogP contribution in [0, 0.1) is 0 Å². The minimum atomic E-state index is -1.23. The van der Waals surface area contributed by atoms with Crippen molar-refractivity contribution >= 4 is 11.9 Å². The average molecular weight is 251 g/mol. The molecule has 5 heteroatoms. The molecule has 1 aromatic carbocycles. The summed E-state index contributed by atoms with van der Waals surface area (Å²) in [7, 11) is 0. The Morgan fingerprint density at radius 2 is 1.89 bits per heavy atom. The van der Waals surface area contributed by atoms with Gasteiger partial charge >= 0.3 is 5.97 Å². The van der Waals surface area contributed by atoms with Crippen LogP contribution in [0.25, 0.3) is 0 Å².